The third kappa shape index (κ3) is 4.64. The summed E-state index contributed by atoms with van der Waals surface area (Å²) in [6.45, 7) is 5.07. The van der Waals surface area contributed by atoms with E-state index in [1.54, 1.807) is 4.57 Å². The van der Waals surface area contributed by atoms with Crippen LogP contribution in [0.3, 0.4) is 0 Å². The van der Waals surface area contributed by atoms with Crippen molar-refractivity contribution in [2.75, 3.05) is 6.54 Å². The van der Waals surface area contributed by atoms with Crippen LogP contribution in [0, 0.1) is 0 Å². The lowest BCUT2D eigenvalue weighted by Gasteiger charge is -2.07. The maximum Gasteiger partial charge on any atom is 0.267 e. The highest BCUT2D eigenvalue weighted by Gasteiger charge is 2.17. The van der Waals surface area contributed by atoms with Crippen molar-refractivity contribution in [2.24, 2.45) is 5.14 Å². The molecule has 1 aromatic heterocycles. The molecule has 0 bridgehead atoms. The number of carbonyl (C=O) groups is 1. The average molecular weight is 301 g/mol. The number of nitrogens with one attached hydrogen (secondary N) is 1. The average Bonchev–Trinajstić information content (AvgIpc) is 2.82. The van der Waals surface area contributed by atoms with Crippen molar-refractivity contribution in [2.45, 2.75) is 51.0 Å². The molecule has 6 nitrogen and oxygen atoms in total. The maximum atomic E-state index is 12.0. The van der Waals surface area contributed by atoms with E-state index in [4.69, 9.17) is 5.14 Å². The Morgan fingerprint density at radius 3 is 2.55 bits per heavy atom. The molecule has 0 radical (unpaired) electrons. The third-order valence-corrected chi connectivity index (χ3v) is 3.97. The summed E-state index contributed by atoms with van der Waals surface area (Å²) in [4.78, 5) is 12.0. The van der Waals surface area contributed by atoms with Crippen molar-refractivity contribution in [3.63, 3.8) is 0 Å². The van der Waals surface area contributed by atoms with E-state index in [2.05, 4.69) is 12.2 Å². The Morgan fingerprint density at radius 2 is 2.00 bits per heavy atom. The predicted molar refractivity (Wildman–Crippen MR) is 78.0 cm³/mol. The van der Waals surface area contributed by atoms with Gasteiger partial charge in [-0.2, -0.15) is 0 Å². The van der Waals surface area contributed by atoms with E-state index in [0.29, 0.717) is 18.8 Å². The van der Waals surface area contributed by atoms with Crippen molar-refractivity contribution in [3.05, 3.63) is 18.0 Å². The first kappa shape index (κ1) is 16.7. The monoisotopic (exact) mass is 301 g/mol. The van der Waals surface area contributed by atoms with Gasteiger partial charge in [0, 0.05) is 19.3 Å². The molecular weight excluding hydrogens is 278 g/mol. The zero-order valence-electron chi connectivity index (χ0n) is 12.1. The van der Waals surface area contributed by atoms with Crippen LogP contribution in [0.5, 0.6) is 0 Å². The van der Waals surface area contributed by atoms with Crippen molar-refractivity contribution in [1.82, 2.24) is 9.88 Å². The van der Waals surface area contributed by atoms with Gasteiger partial charge in [-0.05, 0) is 19.4 Å². The molecule has 1 aromatic rings. The number of carbonyl (C=O) groups excluding carboxylic acids is 1. The lowest BCUT2D eigenvalue weighted by molar-refractivity contribution is 0.0944. The van der Waals surface area contributed by atoms with E-state index in [0.717, 1.165) is 25.7 Å². The molecule has 0 saturated heterocycles. The van der Waals surface area contributed by atoms with E-state index in [1.807, 2.05) is 6.92 Å². The highest BCUT2D eigenvalue weighted by Crippen LogP contribution is 2.13. The van der Waals surface area contributed by atoms with Crippen LogP contribution in [-0.2, 0) is 16.6 Å². The first-order valence-electron chi connectivity index (χ1n) is 6.91. The molecule has 0 atom stereocenters. The minimum atomic E-state index is -3.78. The molecule has 0 aliphatic heterocycles. The molecule has 0 spiro atoms. The van der Waals surface area contributed by atoms with Gasteiger partial charge in [-0.15, -0.1) is 0 Å². The SMILES string of the molecule is CCCCCCNC(=O)c1cc(S(N)(=O)=O)cn1CC. The quantitative estimate of drug-likeness (QED) is 0.712. The number of hydrogen-bond donors (Lipinski definition) is 2. The molecule has 7 heteroatoms. The van der Waals surface area contributed by atoms with Gasteiger partial charge in [-0.25, -0.2) is 13.6 Å². The van der Waals surface area contributed by atoms with E-state index in [1.165, 1.54) is 12.3 Å². The van der Waals surface area contributed by atoms with Crippen LogP contribution in [0.1, 0.15) is 50.0 Å². The van der Waals surface area contributed by atoms with Crippen LogP contribution in [0.2, 0.25) is 0 Å². The molecule has 0 fully saturated rings. The van der Waals surface area contributed by atoms with Gasteiger partial charge in [0.2, 0.25) is 10.0 Å². The molecule has 1 heterocycles. The number of nitrogens with zero attached hydrogens (tertiary/aromatic N) is 1. The van der Waals surface area contributed by atoms with Crippen molar-refractivity contribution >= 4 is 15.9 Å². The number of rotatable bonds is 8. The van der Waals surface area contributed by atoms with Crippen LogP contribution in [-0.4, -0.2) is 25.4 Å². The van der Waals surface area contributed by atoms with Crippen molar-refractivity contribution < 1.29 is 13.2 Å². The summed E-state index contributed by atoms with van der Waals surface area (Å²) in [5, 5.41) is 7.88. The van der Waals surface area contributed by atoms with Gasteiger partial charge in [0.25, 0.3) is 5.91 Å². The number of primary sulfonamides is 1. The van der Waals surface area contributed by atoms with Gasteiger partial charge in [0.05, 0.1) is 0 Å². The summed E-state index contributed by atoms with van der Waals surface area (Å²) in [5.41, 5.74) is 0.326. The Morgan fingerprint density at radius 1 is 1.30 bits per heavy atom. The fraction of sp³-hybridized carbons (Fsp3) is 0.615. The summed E-state index contributed by atoms with van der Waals surface area (Å²) in [6.07, 6.45) is 5.69. The smallest absolute Gasteiger partial charge is 0.267 e. The topological polar surface area (TPSA) is 94.2 Å². The lowest BCUT2D eigenvalue weighted by atomic mass is 10.2. The summed E-state index contributed by atoms with van der Waals surface area (Å²) < 4.78 is 24.2. The number of aromatic nitrogens is 1. The second-order valence-electron chi connectivity index (χ2n) is 4.71. The van der Waals surface area contributed by atoms with Gasteiger partial charge in [-0.3, -0.25) is 4.79 Å². The number of aryl methyl sites for hydroxylation is 1. The van der Waals surface area contributed by atoms with Crippen LogP contribution in [0.15, 0.2) is 17.2 Å². The first-order chi connectivity index (χ1) is 9.40. The molecule has 1 amide bonds. The number of nitrogens with two attached hydrogens (primary N) is 1. The second kappa shape index (κ2) is 7.44. The van der Waals surface area contributed by atoms with Crippen molar-refractivity contribution in [3.8, 4) is 0 Å². The first-order valence-corrected chi connectivity index (χ1v) is 8.46. The molecular formula is C13H23N3O3S. The Hall–Kier alpha value is -1.34. The summed E-state index contributed by atoms with van der Waals surface area (Å²) >= 11 is 0. The normalized spacial score (nSPS) is 11.6. The summed E-state index contributed by atoms with van der Waals surface area (Å²) in [7, 11) is -3.78. The van der Waals surface area contributed by atoms with E-state index in [9.17, 15) is 13.2 Å². The van der Waals surface area contributed by atoms with Gasteiger partial charge >= 0.3 is 0 Å². The fourth-order valence-electron chi connectivity index (χ4n) is 1.94. The molecule has 3 N–H and O–H groups in total. The number of unbranched alkanes of at least 4 members (excludes halogenated alkanes) is 3. The minimum absolute atomic E-state index is 0.0320. The lowest BCUT2D eigenvalue weighted by Crippen LogP contribution is -2.26. The number of amides is 1. The van der Waals surface area contributed by atoms with E-state index < -0.39 is 10.0 Å². The minimum Gasteiger partial charge on any atom is -0.351 e. The molecule has 0 unspecified atom stereocenters. The summed E-state index contributed by atoms with van der Waals surface area (Å²) in [5.74, 6) is -0.266. The summed E-state index contributed by atoms with van der Waals surface area (Å²) in [6, 6.07) is 1.32. The zero-order chi connectivity index (χ0) is 15.2. The molecule has 0 aliphatic rings. The standard InChI is InChI=1S/C13H23N3O3S/c1-3-5-6-7-8-15-13(17)12-9-11(20(14,18)19)10-16(12)4-2/h9-10H,3-8H2,1-2H3,(H,15,17)(H2,14,18,19). The molecule has 0 aliphatic carbocycles. The Bertz CT molecular complexity index is 549. The van der Waals surface area contributed by atoms with Gasteiger partial charge in [-0.1, -0.05) is 26.2 Å². The fourth-order valence-corrected chi connectivity index (χ4v) is 2.49. The molecule has 20 heavy (non-hydrogen) atoms. The highest BCUT2D eigenvalue weighted by molar-refractivity contribution is 7.89. The molecule has 0 saturated carbocycles. The Kier molecular flexibility index (Phi) is 6.22. The Balaban J connectivity index is 2.70. The number of hydrogen-bond acceptors (Lipinski definition) is 3. The third-order valence-electron chi connectivity index (χ3n) is 3.09. The molecule has 1 rings (SSSR count). The second-order valence-corrected chi connectivity index (χ2v) is 6.27. The highest BCUT2D eigenvalue weighted by atomic mass is 32.2. The van der Waals surface area contributed by atoms with Crippen molar-refractivity contribution in [1.29, 1.82) is 0 Å². The largest absolute Gasteiger partial charge is 0.351 e. The maximum absolute atomic E-state index is 12.0. The molecule has 114 valence electrons. The van der Waals surface area contributed by atoms with Crippen LogP contribution in [0.4, 0.5) is 0 Å². The van der Waals surface area contributed by atoms with Gasteiger partial charge in [0.15, 0.2) is 0 Å². The van der Waals surface area contributed by atoms with Crippen LogP contribution >= 0.6 is 0 Å². The Labute approximate surface area is 120 Å². The van der Waals surface area contributed by atoms with Gasteiger partial charge < -0.3 is 9.88 Å². The number of sulfonamides is 1. The van der Waals surface area contributed by atoms with Crippen LogP contribution in [0.25, 0.3) is 0 Å². The van der Waals surface area contributed by atoms with E-state index >= 15 is 0 Å². The molecule has 0 aromatic carbocycles. The van der Waals surface area contributed by atoms with Crippen LogP contribution < -0.4 is 10.5 Å². The zero-order valence-corrected chi connectivity index (χ0v) is 12.9. The van der Waals surface area contributed by atoms with E-state index in [-0.39, 0.29) is 10.8 Å². The van der Waals surface area contributed by atoms with Gasteiger partial charge in [0.1, 0.15) is 10.6 Å². The predicted octanol–water partition coefficient (Wildman–Crippen LogP) is 1.47.